The molecular formula is C24H23Cl2N5O2S. The number of nitrogens with one attached hydrogen (secondary N) is 2. The second kappa shape index (κ2) is 10.3. The fraction of sp³-hybridized carbons (Fsp3) is 0.292. The molecule has 0 saturated carbocycles. The van der Waals surface area contributed by atoms with E-state index in [0.29, 0.717) is 40.0 Å². The number of benzene rings is 2. The minimum atomic E-state index is 0.348. The van der Waals surface area contributed by atoms with Crippen molar-refractivity contribution in [3.8, 4) is 11.5 Å². The molecule has 0 radical (unpaired) electrons. The molecule has 3 heterocycles. The molecule has 5 rings (SSSR count). The molecule has 34 heavy (non-hydrogen) atoms. The Bertz CT molecular complexity index is 1310. The van der Waals surface area contributed by atoms with Gasteiger partial charge in [-0.3, -0.25) is 0 Å². The number of piperidine rings is 1. The Morgan fingerprint density at radius 3 is 2.82 bits per heavy atom. The van der Waals surface area contributed by atoms with E-state index in [1.54, 1.807) is 30.6 Å². The lowest BCUT2D eigenvalue weighted by molar-refractivity contribution is 0.281. The van der Waals surface area contributed by atoms with Gasteiger partial charge in [-0.2, -0.15) is 0 Å². The van der Waals surface area contributed by atoms with Crippen molar-refractivity contribution in [2.24, 2.45) is 0 Å². The maximum Gasteiger partial charge on any atom is 0.163 e. The van der Waals surface area contributed by atoms with Crippen LogP contribution in [0.15, 0.2) is 42.0 Å². The molecule has 0 spiro atoms. The lowest BCUT2D eigenvalue weighted by Gasteiger charge is -2.21. The Kier molecular flexibility index (Phi) is 7.01. The fourth-order valence-electron chi connectivity index (χ4n) is 3.91. The van der Waals surface area contributed by atoms with E-state index in [1.165, 1.54) is 19.2 Å². The van der Waals surface area contributed by atoms with E-state index in [4.69, 9.17) is 37.7 Å². The number of nitrogens with zero attached hydrogens (tertiary/aromatic N) is 3. The standard InChI is InChI=1S/C24H23Cl2N5O2S/c1-32-21-9-16-20(28-13-29-23(16)30-14-5-6-17(25)18(26)8-14)10-22(21)33-11-15-12-34-24(31-15)19-4-2-3-7-27-19/h5-6,8-10,12-13,19,27H,2-4,7,11H2,1H3,(H,28,29,30). The quantitative estimate of drug-likeness (QED) is 0.289. The normalized spacial score (nSPS) is 15.9. The van der Waals surface area contributed by atoms with E-state index in [0.717, 1.165) is 40.3 Å². The van der Waals surface area contributed by atoms with Crippen molar-refractivity contribution in [2.45, 2.75) is 31.9 Å². The van der Waals surface area contributed by atoms with Gasteiger partial charge < -0.3 is 20.1 Å². The molecule has 1 saturated heterocycles. The highest BCUT2D eigenvalue weighted by molar-refractivity contribution is 7.09. The molecule has 2 N–H and O–H groups in total. The molecule has 1 unspecified atom stereocenters. The van der Waals surface area contributed by atoms with Crippen molar-refractivity contribution in [3.63, 3.8) is 0 Å². The highest BCUT2D eigenvalue weighted by Gasteiger charge is 2.18. The monoisotopic (exact) mass is 515 g/mol. The van der Waals surface area contributed by atoms with Crippen LogP contribution >= 0.6 is 34.5 Å². The summed E-state index contributed by atoms with van der Waals surface area (Å²) in [5.74, 6) is 1.81. The van der Waals surface area contributed by atoms with Gasteiger partial charge in [-0.1, -0.05) is 29.6 Å². The van der Waals surface area contributed by atoms with Crippen LogP contribution in [-0.2, 0) is 6.61 Å². The van der Waals surface area contributed by atoms with Gasteiger partial charge in [0.1, 0.15) is 23.8 Å². The third-order valence-electron chi connectivity index (χ3n) is 5.66. The summed E-state index contributed by atoms with van der Waals surface area (Å²) >= 11 is 13.9. The van der Waals surface area contributed by atoms with Crippen LogP contribution < -0.4 is 20.1 Å². The average Bonchev–Trinajstić information content (AvgIpc) is 3.34. The van der Waals surface area contributed by atoms with Crippen LogP contribution in [0.5, 0.6) is 11.5 Å². The molecule has 7 nitrogen and oxygen atoms in total. The van der Waals surface area contributed by atoms with Crippen molar-refractivity contribution < 1.29 is 9.47 Å². The molecular weight excluding hydrogens is 493 g/mol. The first-order valence-corrected chi connectivity index (χ1v) is 12.6. The van der Waals surface area contributed by atoms with Crippen LogP contribution in [0.3, 0.4) is 0 Å². The summed E-state index contributed by atoms with van der Waals surface area (Å²) in [5, 5.41) is 11.7. The third kappa shape index (κ3) is 5.05. The number of hydrogen-bond acceptors (Lipinski definition) is 8. The average molecular weight is 516 g/mol. The minimum absolute atomic E-state index is 0.348. The van der Waals surface area contributed by atoms with E-state index in [2.05, 4.69) is 26.0 Å². The predicted octanol–water partition coefficient (Wildman–Crippen LogP) is 6.54. The largest absolute Gasteiger partial charge is 0.493 e. The molecule has 1 fully saturated rings. The maximum absolute atomic E-state index is 6.15. The number of halogens is 2. The van der Waals surface area contributed by atoms with Gasteiger partial charge in [0.05, 0.1) is 34.4 Å². The summed E-state index contributed by atoms with van der Waals surface area (Å²) in [5.41, 5.74) is 2.39. The first-order valence-electron chi connectivity index (χ1n) is 11.0. The molecule has 4 aromatic rings. The first kappa shape index (κ1) is 23.1. The summed E-state index contributed by atoms with van der Waals surface area (Å²) in [7, 11) is 1.61. The SMILES string of the molecule is COc1cc2c(Nc3ccc(Cl)c(Cl)c3)ncnc2cc1OCc1csc(C2CCCCN2)n1. The summed E-state index contributed by atoms with van der Waals surface area (Å²) in [4.78, 5) is 13.6. The summed E-state index contributed by atoms with van der Waals surface area (Å²) < 4.78 is 11.7. The van der Waals surface area contributed by atoms with Gasteiger partial charge in [-0.25, -0.2) is 15.0 Å². The van der Waals surface area contributed by atoms with Gasteiger partial charge in [-0.15, -0.1) is 11.3 Å². The Balaban J connectivity index is 1.36. The van der Waals surface area contributed by atoms with Crippen LogP contribution in [0.4, 0.5) is 11.5 Å². The van der Waals surface area contributed by atoms with Crippen molar-refractivity contribution in [1.29, 1.82) is 0 Å². The van der Waals surface area contributed by atoms with Gasteiger partial charge in [0.2, 0.25) is 0 Å². The Morgan fingerprint density at radius 2 is 2.03 bits per heavy atom. The highest BCUT2D eigenvalue weighted by atomic mass is 35.5. The Labute approximate surface area is 211 Å². The van der Waals surface area contributed by atoms with Crippen molar-refractivity contribution >= 4 is 56.9 Å². The van der Waals surface area contributed by atoms with Crippen LogP contribution in [0.1, 0.15) is 36.0 Å². The minimum Gasteiger partial charge on any atom is -0.493 e. The molecule has 0 bridgehead atoms. The van der Waals surface area contributed by atoms with Gasteiger partial charge in [-0.05, 0) is 43.7 Å². The van der Waals surface area contributed by atoms with Gasteiger partial charge in [0.15, 0.2) is 11.5 Å². The number of aromatic nitrogens is 3. The summed E-state index contributed by atoms with van der Waals surface area (Å²) in [6, 6.07) is 9.38. The van der Waals surface area contributed by atoms with Crippen molar-refractivity contribution in [3.05, 3.63) is 62.8 Å². The van der Waals surface area contributed by atoms with Crippen LogP contribution in [0.2, 0.25) is 10.0 Å². The van der Waals surface area contributed by atoms with Crippen molar-refractivity contribution in [1.82, 2.24) is 20.3 Å². The second-order valence-electron chi connectivity index (χ2n) is 7.96. The zero-order valence-corrected chi connectivity index (χ0v) is 20.8. The van der Waals surface area contributed by atoms with E-state index < -0.39 is 0 Å². The number of ether oxygens (including phenoxy) is 2. The lowest BCUT2D eigenvalue weighted by atomic mass is 10.1. The number of rotatable bonds is 7. The van der Waals surface area contributed by atoms with Gasteiger partial charge >= 0.3 is 0 Å². The van der Waals surface area contributed by atoms with Gasteiger partial charge in [0, 0.05) is 22.5 Å². The van der Waals surface area contributed by atoms with Crippen LogP contribution in [0.25, 0.3) is 10.9 Å². The fourth-order valence-corrected chi connectivity index (χ4v) is 5.12. The first-order chi connectivity index (χ1) is 16.6. The topological polar surface area (TPSA) is 81.2 Å². The molecule has 1 aliphatic rings. The van der Waals surface area contributed by atoms with Crippen LogP contribution in [-0.4, -0.2) is 28.6 Å². The lowest BCUT2D eigenvalue weighted by Crippen LogP contribution is -2.26. The molecule has 10 heteroatoms. The zero-order valence-electron chi connectivity index (χ0n) is 18.5. The number of thiazole rings is 1. The Morgan fingerprint density at radius 1 is 1.12 bits per heavy atom. The smallest absolute Gasteiger partial charge is 0.163 e. The summed E-state index contributed by atoms with van der Waals surface area (Å²) in [6.45, 7) is 1.40. The highest BCUT2D eigenvalue weighted by Crippen LogP contribution is 2.36. The predicted molar refractivity (Wildman–Crippen MR) is 137 cm³/mol. The molecule has 1 aliphatic heterocycles. The van der Waals surface area contributed by atoms with E-state index >= 15 is 0 Å². The molecule has 176 valence electrons. The number of methoxy groups -OCH3 is 1. The maximum atomic E-state index is 6.15. The van der Waals surface area contributed by atoms with E-state index in [9.17, 15) is 0 Å². The molecule has 0 amide bonds. The molecule has 2 aromatic heterocycles. The summed E-state index contributed by atoms with van der Waals surface area (Å²) in [6.07, 6.45) is 5.10. The number of hydrogen-bond donors (Lipinski definition) is 2. The molecule has 2 aromatic carbocycles. The van der Waals surface area contributed by atoms with Crippen molar-refractivity contribution in [2.75, 3.05) is 19.0 Å². The number of fused-ring (bicyclic) bond motifs is 1. The molecule has 1 atom stereocenters. The van der Waals surface area contributed by atoms with E-state index in [1.807, 2.05) is 18.2 Å². The Hall–Kier alpha value is -2.65. The third-order valence-corrected chi connectivity index (χ3v) is 7.40. The number of anilines is 2. The van der Waals surface area contributed by atoms with E-state index in [-0.39, 0.29) is 0 Å². The second-order valence-corrected chi connectivity index (χ2v) is 9.67. The van der Waals surface area contributed by atoms with Crippen LogP contribution in [0, 0.1) is 0 Å². The zero-order chi connectivity index (χ0) is 23.5. The molecule has 0 aliphatic carbocycles. The van der Waals surface area contributed by atoms with Gasteiger partial charge in [0.25, 0.3) is 0 Å².